The fourth-order valence-corrected chi connectivity index (χ4v) is 1.82. The third-order valence-electron chi connectivity index (χ3n) is 2.84. The van der Waals surface area contributed by atoms with Crippen LogP contribution in [0.15, 0.2) is 12.1 Å². The molecule has 4 heteroatoms. The van der Waals surface area contributed by atoms with Gasteiger partial charge < -0.3 is 10.4 Å². The first kappa shape index (κ1) is 15.0. The van der Waals surface area contributed by atoms with Gasteiger partial charge in [0.05, 0.1) is 5.56 Å². The van der Waals surface area contributed by atoms with E-state index in [0.29, 0.717) is 12.2 Å². The van der Waals surface area contributed by atoms with Crippen molar-refractivity contribution in [3.05, 3.63) is 23.4 Å². The van der Waals surface area contributed by atoms with Gasteiger partial charge in [-0.1, -0.05) is 20.3 Å². The summed E-state index contributed by atoms with van der Waals surface area (Å²) in [5.74, 6) is 2.26. The average molecular weight is 260 g/mol. The second-order valence-electron chi connectivity index (χ2n) is 4.45. The molecular weight excluding hydrogens is 240 g/mol. The summed E-state index contributed by atoms with van der Waals surface area (Å²) >= 11 is 0. The van der Waals surface area contributed by atoms with E-state index in [1.165, 1.54) is 0 Å². The predicted molar refractivity (Wildman–Crippen MR) is 76.3 cm³/mol. The number of nitrogens with zero attached hydrogens (tertiary/aromatic N) is 1. The van der Waals surface area contributed by atoms with E-state index in [1.807, 2.05) is 13.8 Å². The van der Waals surface area contributed by atoms with E-state index in [2.05, 4.69) is 16.2 Å². The van der Waals surface area contributed by atoms with Crippen LogP contribution in [-0.4, -0.2) is 22.1 Å². The van der Waals surface area contributed by atoms with E-state index in [1.54, 1.807) is 12.1 Å². The molecule has 1 unspecified atom stereocenters. The van der Waals surface area contributed by atoms with Crippen LogP contribution in [0, 0.1) is 12.3 Å². The summed E-state index contributed by atoms with van der Waals surface area (Å²) in [5, 5.41) is 12.3. The first-order chi connectivity index (χ1) is 9.10. The number of terminal acetylenes is 1. The largest absolute Gasteiger partial charge is 0.478 e. The number of rotatable bonds is 7. The standard InChI is InChI=1S/C15H20N2O2/c1-4-7-12(6-3)16-14-10-11(15(18)19)9-13(17-14)8-5-2/h1,9-10,12H,5-8H2,2-3H3,(H,16,17)(H,18,19). The molecule has 0 fully saturated rings. The van der Waals surface area contributed by atoms with Gasteiger partial charge in [-0.25, -0.2) is 9.78 Å². The summed E-state index contributed by atoms with van der Waals surface area (Å²) in [5.41, 5.74) is 1.05. The van der Waals surface area contributed by atoms with E-state index >= 15 is 0 Å². The van der Waals surface area contributed by atoms with Crippen LogP contribution < -0.4 is 5.32 Å². The van der Waals surface area contributed by atoms with Crippen LogP contribution in [0.2, 0.25) is 0 Å². The monoisotopic (exact) mass is 260 g/mol. The molecule has 4 nitrogen and oxygen atoms in total. The molecular formula is C15H20N2O2. The number of carbonyl (C=O) groups is 1. The van der Waals surface area contributed by atoms with Crippen molar-refractivity contribution in [1.82, 2.24) is 4.98 Å². The maximum Gasteiger partial charge on any atom is 0.335 e. The average Bonchev–Trinajstić information content (AvgIpc) is 2.38. The van der Waals surface area contributed by atoms with Gasteiger partial charge in [-0.15, -0.1) is 12.3 Å². The summed E-state index contributed by atoms with van der Waals surface area (Å²) < 4.78 is 0. The van der Waals surface area contributed by atoms with E-state index in [0.717, 1.165) is 25.0 Å². The lowest BCUT2D eigenvalue weighted by atomic mass is 10.1. The lowest BCUT2D eigenvalue weighted by Crippen LogP contribution is -2.19. The molecule has 1 aromatic rings. The van der Waals surface area contributed by atoms with Gasteiger partial charge in [-0.2, -0.15) is 0 Å². The molecule has 1 rings (SSSR count). The van der Waals surface area contributed by atoms with Crippen LogP contribution in [0.3, 0.4) is 0 Å². The molecule has 1 atom stereocenters. The second kappa shape index (κ2) is 7.42. The van der Waals surface area contributed by atoms with Crippen LogP contribution in [0.5, 0.6) is 0 Å². The number of anilines is 1. The molecule has 0 aliphatic heterocycles. The second-order valence-corrected chi connectivity index (χ2v) is 4.45. The molecule has 2 N–H and O–H groups in total. The molecule has 1 heterocycles. The van der Waals surface area contributed by atoms with Gasteiger partial charge in [0.2, 0.25) is 0 Å². The lowest BCUT2D eigenvalue weighted by molar-refractivity contribution is 0.0696. The highest BCUT2D eigenvalue weighted by molar-refractivity contribution is 5.88. The minimum atomic E-state index is -0.937. The zero-order valence-electron chi connectivity index (χ0n) is 11.4. The molecule has 0 spiro atoms. The van der Waals surface area contributed by atoms with Crippen molar-refractivity contribution < 1.29 is 9.90 Å². The Labute approximate surface area is 114 Å². The Morgan fingerprint density at radius 3 is 2.79 bits per heavy atom. The first-order valence-electron chi connectivity index (χ1n) is 6.54. The number of aryl methyl sites for hydroxylation is 1. The first-order valence-corrected chi connectivity index (χ1v) is 6.54. The van der Waals surface area contributed by atoms with Crippen molar-refractivity contribution >= 4 is 11.8 Å². The highest BCUT2D eigenvalue weighted by Crippen LogP contribution is 2.15. The Balaban J connectivity index is 2.98. The third-order valence-corrected chi connectivity index (χ3v) is 2.84. The number of aromatic carboxylic acids is 1. The SMILES string of the molecule is C#CCC(CC)Nc1cc(C(=O)O)cc(CCC)n1. The molecule has 0 radical (unpaired) electrons. The molecule has 102 valence electrons. The number of aromatic nitrogens is 1. The Bertz CT molecular complexity index is 478. The Kier molecular flexibility index (Phi) is 5.87. The third kappa shape index (κ3) is 4.63. The normalized spacial score (nSPS) is 11.6. The van der Waals surface area contributed by atoms with Gasteiger partial charge in [-0.05, 0) is 25.0 Å². The molecule has 19 heavy (non-hydrogen) atoms. The summed E-state index contributed by atoms with van der Waals surface area (Å²) in [4.78, 5) is 15.5. The number of pyridine rings is 1. The zero-order valence-corrected chi connectivity index (χ0v) is 11.4. The molecule has 0 aliphatic rings. The highest BCUT2D eigenvalue weighted by Gasteiger charge is 2.11. The van der Waals surface area contributed by atoms with Crippen LogP contribution in [-0.2, 0) is 6.42 Å². The number of hydrogen-bond donors (Lipinski definition) is 2. The summed E-state index contributed by atoms with van der Waals surface area (Å²) in [6.45, 7) is 4.07. The molecule has 0 amide bonds. The van der Waals surface area contributed by atoms with Crippen LogP contribution in [0.1, 0.15) is 49.2 Å². The van der Waals surface area contributed by atoms with E-state index in [9.17, 15) is 4.79 Å². The minimum Gasteiger partial charge on any atom is -0.478 e. The molecule has 0 aliphatic carbocycles. The van der Waals surface area contributed by atoms with E-state index < -0.39 is 5.97 Å². The fraction of sp³-hybridized carbons (Fsp3) is 0.467. The number of carboxylic acid groups (broad SMARTS) is 1. The van der Waals surface area contributed by atoms with Crippen LogP contribution in [0.25, 0.3) is 0 Å². The maximum atomic E-state index is 11.1. The molecule has 0 aromatic carbocycles. The predicted octanol–water partition coefficient (Wildman–Crippen LogP) is 2.95. The number of carboxylic acids is 1. The smallest absolute Gasteiger partial charge is 0.335 e. The molecule has 0 saturated carbocycles. The quantitative estimate of drug-likeness (QED) is 0.740. The van der Waals surface area contributed by atoms with Crippen molar-refractivity contribution in [2.75, 3.05) is 5.32 Å². The van der Waals surface area contributed by atoms with Gasteiger partial charge in [0.1, 0.15) is 5.82 Å². The summed E-state index contributed by atoms with van der Waals surface area (Å²) in [6, 6.07) is 3.30. The minimum absolute atomic E-state index is 0.121. The van der Waals surface area contributed by atoms with E-state index in [4.69, 9.17) is 11.5 Å². The molecule has 0 bridgehead atoms. The fourth-order valence-electron chi connectivity index (χ4n) is 1.82. The Hall–Kier alpha value is -2.02. The van der Waals surface area contributed by atoms with E-state index in [-0.39, 0.29) is 11.6 Å². The van der Waals surface area contributed by atoms with Crippen molar-refractivity contribution in [2.24, 2.45) is 0 Å². The number of nitrogens with one attached hydrogen (secondary N) is 1. The highest BCUT2D eigenvalue weighted by atomic mass is 16.4. The topological polar surface area (TPSA) is 62.2 Å². The van der Waals surface area contributed by atoms with Crippen LogP contribution >= 0.6 is 0 Å². The Morgan fingerprint density at radius 1 is 1.53 bits per heavy atom. The van der Waals surface area contributed by atoms with Gasteiger partial charge >= 0.3 is 5.97 Å². The van der Waals surface area contributed by atoms with Crippen molar-refractivity contribution in [2.45, 2.75) is 45.6 Å². The zero-order chi connectivity index (χ0) is 14.3. The van der Waals surface area contributed by atoms with Gasteiger partial charge in [-0.3, -0.25) is 0 Å². The lowest BCUT2D eigenvalue weighted by Gasteiger charge is -2.16. The summed E-state index contributed by atoms with van der Waals surface area (Å²) in [6.07, 6.45) is 8.47. The van der Waals surface area contributed by atoms with Crippen molar-refractivity contribution in [1.29, 1.82) is 0 Å². The van der Waals surface area contributed by atoms with Gasteiger partial charge in [0, 0.05) is 18.2 Å². The van der Waals surface area contributed by atoms with Crippen LogP contribution in [0.4, 0.5) is 5.82 Å². The van der Waals surface area contributed by atoms with Gasteiger partial charge in [0.15, 0.2) is 0 Å². The maximum absolute atomic E-state index is 11.1. The van der Waals surface area contributed by atoms with Crippen molar-refractivity contribution in [3.8, 4) is 12.3 Å². The van der Waals surface area contributed by atoms with Gasteiger partial charge in [0.25, 0.3) is 0 Å². The van der Waals surface area contributed by atoms with Crippen molar-refractivity contribution in [3.63, 3.8) is 0 Å². The number of hydrogen-bond acceptors (Lipinski definition) is 3. The molecule has 0 saturated heterocycles. The molecule has 1 aromatic heterocycles. The summed E-state index contributed by atoms with van der Waals surface area (Å²) in [7, 11) is 0. The Morgan fingerprint density at radius 2 is 2.26 bits per heavy atom.